The lowest BCUT2D eigenvalue weighted by molar-refractivity contribution is -0.154. The van der Waals surface area contributed by atoms with Crippen LogP contribution in [-0.2, 0) is 4.79 Å². The third kappa shape index (κ3) is 1.73. The number of hydrogen-bond donors (Lipinski definition) is 1. The molecule has 2 aliphatic heterocycles. The molecule has 1 amide bonds. The number of unbranched alkanes of at least 4 members (excludes halogenated alkanes) is 2. The van der Waals surface area contributed by atoms with Crippen molar-refractivity contribution >= 4 is 17.7 Å². The molecular formula is C13H22N2OS. The summed E-state index contributed by atoms with van der Waals surface area (Å²) in [6.45, 7) is 10.4. The monoisotopic (exact) mass is 254 g/mol. The van der Waals surface area contributed by atoms with E-state index in [2.05, 4.69) is 27.4 Å². The van der Waals surface area contributed by atoms with E-state index in [1.165, 1.54) is 12.8 Å². The summed E-state index contributed by atoms with van der Waals surface area (Å²) in [5.41, 5.74) is 7.26. The van der Waals surface area contributed by atoms with Crippen LogP contribution in [0.4, 0.5) is 0 Å². The molecule has 0 aliphatic carbocycles. The van der Waals surface area contributed by atoms with Crippen molar-refractivity contribution < 1.29 is 4.79 Å². The molecule has 2 N–H and O–H groups in total. The summed E-state index contributed by atoms with van der Waals surface area (Å²) in [6, 6.07) is 0. The Morgan fingerprint density at radius 1 is 1.47 bits per heavy atom. The SMILES string of the molecule is C=C1N2C(=O)[C@@H](CCCCC)[C@]2(N)SC1(C)C. The highest BCUT2D eigenvalue weighted by Crippen LogP contribution is 2.60. The van der Waals surface area contributed by atoms with E-state index < -0.39 is 4.99 Å². The predicted molar refractivity (Wildman–Crippen MR) is 72.2 cm³/mol. The van der Waals surface area contributed by atoms with Crippen molar-refractivity contribution in [3.63, 3.8) is 0 Å². The fourth-order valence-corrected chi connectivity index (χ4v) is 4.40. The second-order valence-corrected chi connectivity index (χ2v) is 7.41. The zero-order chi connectivity index (χ0) is 12.8. The number of carbonyl (C=O) groups excluding carboxylic acids is 1. The van der Waals surface area contributed by atoms with E-state index >= 15 is 0 Å². The highest BCUT2D eigenvalue weighted by Gasteiger charge is 2.66. The molecule has 2 saturated heterocycles. The molecule has 0 aromatic rings. The van der Waals surface area contributed by atoms with Gasteiger partial charge in [0.25, 0.3) is 0 Å². The minimum Gasteiger partial charge on any atom is -0.299 e. The third-order valence-electron chi connectivity index (χ3n) is 3.85. The fourth-order valence-electron chi connectivity index (χ4n) is 2.72. The van der Waals surface area contributed by atoms with Gasteiger partial charge in [0.15, 0.2) is 4.99 Å². The number of thioether (sulfide) groups is 1. The average Bonchev–Trinajstić information content (AvgIpc) is 2.38. The number of hydrogen-bond acceptors (Lipinski definition) is 3. The average molecular weight is 254 g/mol. The van der Waals surface area contributed by atoms with Gasteiger partial charge in [-0.3, -0.25) is 15.4 Å². The van der Waals surface area contributed by atoms with Gasteiger partial charge in [-0.1, -0.05) is 32.8 Å². The predicted octanol–water partition coefficient (Wildman–Crippen LogP) is 2.68. The van der Waals surface area contributed by atoms with E-state index in [9.17, 15) is 4.79 Å². The van der Waals surface area contributed by atoms with Gasteiger partial charge in [0.1, 0.15) is 0 Å². The summed E-state index contributed by atoms with van der Waals surface area (Å²) in [6.07, 6.45) is 4.35. The summed E-state index contributed by atoms with van der Waals surface area (Å²) in [7, 11) is 0. The molecule has 0 spiro atoms. The summed E-state index contributed by atoms with van der Waals surface area (Å²) in [5.74, 6) is 0.157. The van der Waals surface area contributed by atoms with Gasteiger partial charge in [0.05, 0.1) is 10.7 Å². The number of β-lactam (4-membered cyclic amide) rings is 1. The standard InChI is InChI=1S/C13H22N2OS/c1-5-6-7-8-10-11(16)15-9(2)12(3,4)17-13(10,15)14/h10H,2,5-8,14H2,1,3-4H3/t10-,13-/m1/s1. The maximum atomic E-state index is 12.1. The fraction of sp³-hybridized carbons (Fsp3) is 0.769. The van der Waals surface area contributed by atoms with Crippen LogP contribution in [0.3, 0.4) is 0 Å². The summed E-state index contributed by atoms with van der Waals surface area (Å²) < 4.78 is -0.121. The van der Waals surface area contributed by atoms with Crippen molar-refractivity contribution in [3.8, 4) is 0 Å². The number of nitrogens with zero attached hydrogens (tertiary/aromatic N) is 1. The first-order chi connectivity index (χ1) is 7.84. The van der Waals surface area contributed by atoms with Gasteiger partial charge >= 0.3 is 0 Å². The number of amides is 1. The van der Waals surface area contributed by atoms with E-state index in [1.807, 2.05) is 0 Å². The number of rotatable bonds is 4. The van der Waals surface area contributed by atoms with Crippen LogP contribution in [0.5, 0.6) is 0 Å². The molecular weight excluding hydrogens is 232 g/mol. The molecule has 2 aliphatic rings. The van der Waals surface area contributed by atoms with Gasteiger partial charge in [-0.15, -0.1) is 11.8 Å². The quantitative estimate of drug-likeness (QED) is 0.620. The zero-order valence-corrected chi connectivity index (χ0v) is 11.8. The smallest absolute Gasteiger partial charge is 0.236 e. The molecule has 0 saturated carbocycles. The van der Waals surface area contributed by atoms with E-state index in [0.717, 1.165) is 18.5 Å². The Morgan fingerprint density at radius 2 is 2.12 bits per heavy atom. The Hall–Kier alpha value is -0.480. The van der Waals surface area contributed by atoms with Gasteiger partial charge in [0, 0.05) is 5.70 Å². The maximum Gasteiger partial charge on any atom is 0.236 e. The zero-order valence-electron chi connectivity index (χ0n) is 11.0. The van der Waals surface area contributed by atoms with Crippen LogP contribution in [-0.4, -0.2) is 20.5 Å². The van der Waals surface area contributed by atoms with Crippen molar-refractivity contribution in [2.75, 3.05) is 0 Å². The van der Waals surface area contributed by atoms with Crippen LogP contribution < -0.4 is 5.73 Å². The van der Waals surface area contributed by atoms with Crippen LogP contribution >= 0.6 is 11.8 Å². The largest absolute Gasteiger partial charge is 0.299 e. The molecule has 3 nitrogen and oxygen atoms in total. The molecule has 4 heteroatoms. The second kappa shape index (κ2) is 4.02. The Morgan fingerprint density at radius 3 is 2.71 bits per heavy atom. The maximum absolute atomic E-state index is 12.1. The van der Waals surface area contributed by atoms with E-state index in [4.69, 9.17) is 5.73 Å². The van der Waals surface area contributed by atoms with Crippen molar-refractivity contribution in [3.05, 3.63) is 12.3 Å². The van der Waals surface area contributed by atoms with E-state index in [1.54, 1.807) is 16.7 Å². The Kier molecular flexibility index (Phi) is 3.07. The first-order valence-corrected chi connectivity index (χ1v) is 7.18. The van der Waals surface area contributed by atoms with Crippen molar-refractivity contribution in [2.45, 2.75) is 56.2 Å². The van der Waals surface area contributed by atoms with E-state index in [-0.39, 0.29) is 16.6 Å². The third-order valence-corrected chi connectivity index (χ3v) is 5.39. The molecule has 0 bridgehead atoms. The van der Waals surface area contributed by atoms with Crippen LogP contribution in [0.15, 0.2) is 12.3 Å². The highest BCUT2D eigenvalue weighted by molar-refractivity contribution is 8.02. The van der Waals surface area contributed by atoms with Crippen LogP contribution in [0.25, 0.3) is 0 Å². The van der Waals surface area contributed by atoms with Gasteiger partial charge in [-0.05, 0) is 20.3 Å². The molecule has 17 heavy (non-hydrogen) atoms. The molecule has 0 aromatic carbocycles. The summed E-state index contributed by atoms with van der Waals surface area (Å²) in [4.78, 5) is 13.3. The number of fused-ring (bicyclic) bond motifs is 1. The molecule has 2 fully saturated rings. The van der Waals surface area contributed by atoms with Crippen LogP contribution in [0.1, 0.15) is 46.5 Å². The van der Waals surface area contributed by atoms with Gasteiger partial charge in [-0.25, -0.2) is 0 Å². The Bertz CT molecular complexity index is 366. The molecule has 2 atom stereocenters. The number of nitrogens with two attached hydrogens (primary N) is 1. The molecule has 2 rings (SSSR count). The lowest BCUT2D eigenvalue weighted by Gasteiger charge is -2.50. The van der Waals surface area contributed by atoms with Crippen molar-refractivity contribution in [1.82, 2.24) is 4.90 Å². The normalized spacial score (nSPS) is 34.8. The summed E-state index contributed by atoms with van der Waals surface area (Å²) >= 11 is 1.68. The first kappa shape index (κ1) is 13.0. The second-order valence-electron chi connectivity index (χ2n) is 5.53. The lowest BCUT2D eigenvalue weighted by Crippen LogP contribution is -2.70. The Labute approximate surface area is 108 Å². The molecule has 0 radical (unpaired) electrons. The lowest BCUT2D eigenvalue weighted by atomic mass is 9.86. The Balaban J connectivity index is 2.10. The van der Waals surface area contributed by atoms with Gasteiger partial charge in [-0.2, -0.15) is 0 Å². The molecule has 0 unspecified atom stereocenters. The molecule has 96 valence electrons. The minimum absolute atomic E-state index is 0.0161. The van der Waals surface area contributed by atoms with E-state index in [0.29, 0.717) is 0 Å². The van der Waals surface area contributed by atoms with Crippen molar-refractivity contribution in [2.24, 2.45) is 11.7 Å². The topological polar surface area (TPSA) is 46.3 Å². The molecule has 0 aromatic heterocycles. The summed E-state index contributed by atoms with van der Waals surface area (Å²) in [5, 5.41) is 0. The highest BCUT2D eigenvalue weighted by atomic mass is 32.2. The molecule has 2 heterocycles. The van der Waals surface area contributed by atoms with Gasteiger partial charge in [0.2, 0.25) is 5.91 Å². The van der Waals surface area contributed by atoms with Crippen LogP contribution in [0, 0.1) is 5.92 Å². The van der Waals surface area contributed by atoms with Gasteiger partial charge < -0.3 is 0 Å². The minimum atomic E-state index is -0.522. The number of carbonyl (C=O) groups is 1. The first-order valence-electron chi connectivity index (χ1n) is 6.37. The van der Waals surface area contributed by atoms with Crippen molar-refractivity contribution in [1.29, 1.82) is 0 Å². The van der Waals surface area contributed by atoms with Crippen LogP contribution in [0.2, 0.25) is 0 Å².